The van der Waals surface area contributed by atoms with Crippen molar-refractivity contribution in [1.82, 2.24) is 9.80 Å². The molecule has 3 aliphatic rings. The molecule has 0 radical (unpaired) electrons. The quantitative estimate of drug-likeness (QED) is 0.809. The lowest BCUT2D eigenvalue weighted by molar-refractivity contribution is 0.00627. The highest BCUT2D eigenvalue weighted by atomic mass is 16.5. The minimum Gasteiger partial charge on any atom is -0.391 e. The second kappa shape index (κ2) is 5.32. The molecule has 0 aromatic carbocycles. The van der Waals surface area contributed by atoms with Crippen molar-refractivity contribution in [2.45, 2.75) is 51.3 Å². The van der Waals surface area contributed by atoms with Crippen molar-refractivity contribution in [3.8, 4) is 0 Å². The largest absolute Gasteiger partial charge is 0.391 e. The maximum Gasteiger partial charge on any atom is 0.0746 e. The van der Waals surface area contributed by atoms with E-state index in [1.54, 1.807) is 0 Å². The van der Waals surface area contributed by atoms with Crippen LogP contribution in [-0.2, 0) is 4.74 Å². The van der Waals surface area contributed by atoms with Crippen molar-refractivity contribution in [3.63, 3.8) is 0 Å². The highest BCUT2D eigenvalue weighted by Gasteiger charge is 2.45. The molecule has 1 N–H and O–H groups in total. The van der Waals surface area contributed by atoms with Crippen LogP contribution in [0.1, 0.15) is 33.1 Å². The molecule has 0 bridgehead atoms. The Kier molecular flexibility index (Phi) is 3.87. The SMILES string of the molecule is CC1(C)CCC(N2CCC(N3CCOCC3)C2)C1O. The zero-order valence-electron chi connectivity index (χ0n) is 12.3. The molecule has 1 saturated carbocycles. The summed E-state index contributed by atoms with van der Waals surface area (Å²) in [5, 5.41) is 10.5. The van der Waals surface area contributed by atoms with Crippen LogP contribution < -0.4 is 0 Å². The highest BCUT2D eigenvalue weighted by Crippen LogP contribution is 2.40. The minimum atomic E-state index is -0.157. The summed E-state index contributed by atoms with van der Waals surface area (Å²) in [5.74, 6) is 0. The van der Waals surface area contributed by atoms with Crippen molar-refractivity contribution in [1.29, 1.82) is 0 Å². The molecule has 0 spiro atoms. The molecule has 3 rings (SSSR count). The van der Waals surface area contributed by atoms with E-state index < -0.39 is 0 Å². The number of aliphatic hydroxyl groups excluding tert-OH is 1. The first-order valence-electron chi connectivity index (χ1n) is 7.82. The zero-order valence-corrected chi connectivity index (χ0v) is 12.3. The van der Waals surface area contributed by atoms with Gasteiger partial charge in [-0.25, -0.2) is 0 Å². The standard InChI is InChI=1S/C15H28N2O2/c1-15(2)5-3-13(14(15)18)17-6-4-12(11-17)16-7-9-19-10-8-16/h12-14,18H,3-11H2,1-2H3. The molecule has 0 amide bonds. The molecule has 4 nitrogen and oxygen atoms in total. The minimum absolute atomic E-state index is 0.0989. The van der Waals surface area contributed by atoms with Crippen molar-refractivity contribution in [3.05, 3.63) is 0 Å². The van der Waals surface area contributed by atoms with E-state index in [0.29, 0.717) is 12.1 Å². The first-order chi connectivity index (χ1) is 9.08. The van der Waals surface area contributed by atoms with Gasteiger partial charge in [0.15, 0.2) is 0 Å². The van der Waals surface area contributed by atoms with Crippen molar-refractivity contribution >= 4 is 0 Å². The molecule has 3 atom stereocenters. The van der Waals surface area contributed by atoms with Gasteiger partial charge in [-0.3, -0.25) is 9.80 Å². The van der Waals surface area contributed by atoms with E-state index >= 15 is 0 Å². The average molecular weight is 268 g/mol. The highest BCUT2D eigenvalue weighted by molar-refractivity contribution is 4.99. The maximum absolute atomic E-state index is 10.5. The van der Waals surface area contributed by atoms with Gasteiger partial charge in [0.25, 0.3) is 0 Å². The molecule has 3 fully saturated rings. The molecule has 2 heterocycles. The second-order valence-corrected chi connectivity index (χ2v) is 7.13. The van der Waals surface area contributed by atoms with Crippen LogP contribution >= 0.6 is 0 Å². The Morgan fingerprint density at radius 2 is 1.79 bits per heavy atom. The van der Waals surface area contributed by atoms with E-state index in [0.717, 1.165) is 52.2 Å². The Morgan fingerprint density at radius 1 is 1.05 bits per heavy atom. The summed E-state index contributed by atoms with van der Waals surface area (Å²) in [4.78, 5) is 5.12. The van der Waals surface area contributed by atoms with E-state index in [4.69, 9.17) is 4.74 Å². The summed E-state index contributed by atoms with van der Waals surface area (Å²) in [6.07, 6.45) is 3.40. The molecule has 4 heteroatoms. The number of ether oxygens (including phenoxy) is 1. The fraction of sp³-hybridized carbons (Fsp3) is 1.00. The number of hydrogen-bond acceptors (Lipinski definition) is 4. The van der Waals surface area contributed by atoms with E-state index in [9.17, 15) is 5.11 Å². The van der Waals surface area contributed by atoms with E-state index in [1.807, 2.05) is 0 Å². The second-order valence-electron chi connectivity index (χ2n) is 7.13. The van der Waals surface area contributed by atoms with Crippen molar-refractivity contribution in [2.75, 3.05) is 39.4 Å². The Hall–Kier alpha value is -0.160. The molecule has 0 aromatic rings. The van der Waals surface area contributed by atoms with Gasteiger partial charge < -0.3 is 9.84 Å². The molecule has 2 saturated heterocycles. The predicted molar refractivity (Wildman–Crippen MR) is 75.2 cm³/mol. The first-order valence-corrected chi connectivity index (χ1v) is 7.82. The van der Waals surface area contributed by atoms with Crippen molar-refractivity contribution in [2.24, 2.45) is 5.41 Å². The average Bonchev–Trinajstić information content (AvgIpc) is 2.98. The van der Waals surface area contributed by atoms with Crippen LogP contribution in [0.25, 0.3) is 0 Å². The van der Waals surface area contributed by atoms with Gasteiger partial charge in [-0.05, 0) is 24.7 Å². The fourth-order valence-electron chi connectivity index (χ4n) is 4.04. The molecule has 110 valence electrons. The lowest BCUT2D eigenvalue weighted by atomic mass is 9.88. The summed E-state index contributed by atoms with van der Waals surface area (Å²) in [5.41, 5.74) is 0.0989. The Balaban J connectivity index is 1.57. The number of likely N-dealkylation sites (tertiary alicyclic amines) is 1. The third-order valence-electron chi connectivity index (χ3n) is 5.48. The van der Waals surface area contributed by atoms with Crippen LogP contribution in [0.5, 0.6) is 0 Å². The van der Waals surface area contributed by atoms with E-state index in [1.165, 1.54) is 6.42 Å². The molecule has 1 aliphatic carbocycles. The third kappa shape index (κ3) is 2.68. The van der Waals surface area contributed by atoms with Gasteiger partial charge in [0.2, 0.25) is 0 Å². The number of morpholine rings is 1. The van der Waals surface area contributed by atoms with Crippen LogP contribution in [0.2, 0.25) is 0 Å². The van der Waals surface area contributed by atoms with Gasteiger partial charge in [-0.2, -0.15) is 0 Å². The monoisotopic (exact) mass is 268 g/mol. The lowest BCUT2D eigenvalue weighted by Gasteiger charge is -2.34. The predicted octanol–water partition coefficient (Wildman–Crippen LogP) is 0.942. The summed E-state index contributed by atoms with van der Waals surface area (Å²) in [7, 11) is 0. The lowest BCUT2D eigenvalue weighted by Crippen LogP contribution is -2.47. The van der Waals surface area contributed by atoms with Gasteiger partial charge in [0, 0.05) is 38.3 Å². The number of rotatable bonds is 2. The van der Waals surface area contributed by atoms with Crippen LogP contribution in [0, 0.1) is 5.41 Å². The van der Waals surface area contributed by atoms with Crippen LogP contribution in [0.4, 0.5) is 0 Å². The Bertz CT molecular complexity index is 315. The molecule has 3 unspecified atom stereocenters. The molecule has 2 aliphatic heterocycles. The summed E-state index contributed by atoms with van der Waals surface area (Å²) >= 11 is 0. The van der Waals surface area contributed by atoms with Gasteiger partial charge in [0.1, 0.15) is 0 Å². The fourth-order valence-corrected chi connectivity index (χ4v) is 4.04. The van der Waals surface area contributed by atoms with Crippen LogP contribution in [0.15, 0.2) is 0 Å². The first kappa shape index (κ1) is 13.8. The van der Waals surface area contributed by atoms with Gasteiger partial charge in [-0.15, -0.1) is 0 Å². The summed E-state index contributed by atoms with van der Waals surface area (Å²) < 4.78 is 5.43. The van der Waals surface area contributed by atoms with Crippen LogP contribution in [-0.4, -0.2) is 72.5 Å². The molecule has 19 heavy (non-hydrogen) atoms. The molecular weight excluding hydrogens is 240 g/mol. The topological polar surface area (TPSA) is 35.9 Å². The summed E-state index contributed by atoms with van der Waals surface area (Å²) in [6.45, 7) is 10.6. The third-order valence-corrected chi connectivity index (χ3v) is 5.48. The summed E-state index contributed by atoms with van der Waals surface area (Å²) in [6, 6.07) is 1.07. The number of hydrogen-bond donors (Lipinski definition) is 1. The van der Waals surface area contributed by atoms with Gasteiger partial charge >= 0.3 is 0 Å². The van der Waals surface area contributed by atoms with E-state index in [2.05, 4.69) is 23.6 Å². The van der Waals surface area contributed by atoms with Crippen molar-refractivity contribution < 1.29 is 9.84 Å². The maximum atomic E-state index is 10.5. The normalized spacial score (nSPS) is 40.9. The Labute approximate surface area is 116 Å². The number of aliphatic hydroxyl groups is 1. The van der Waals surface area contributed by atoms with Gasteiger partial charge in [0.05, 0.1) is 19.3 Å². The zero-order chi connectivity index (χ0) is 13.5. The molecular formula is C15H28N2O2. The van der Waals surface area contributed by atoms with E-state index in [-0.39, 0.29) is 11.5 Å². The molecule has 0 aromatic heterocycles. The van der Waals surface area contributed by atoms with Crippen LogP contribution in [0.3, 0.4) is 0 Å². The number of nitrogens with zero attached hydrogens (tertiary/aromatic N) is 2. The van der Waals surface area contributed by atoms with Gasteiger partial charge in [-0.1, -0.05) is 13.8 Å². The Morgan fingerprint density at radius 3 is 2.42 bits per heavy atom. The smallest absolute Gasteiger partial charge is 0.0746 e.